The molecular weight excluding hydrogens is 367 g/mol. The molecule has 0 saturated carbocycles. The first-order valence-electron chi connectivity index (χ1n) is 9.31. The molecule has 28 heavy (non-hydrogen) atoms. The molecule has 3 unspecified atom stereocenters. The summed E-state index contributed by atoms with van der Waals surface area (Å²) in [6.45, 7) is 0. The Morgan fingerprint density at radius 3 is 1.64 bits per heavy atom. The van der Waals surface area contributed by atoms with Crippen molar-refractivity contribution < 1.29 is 9.36 Å². The predicted molar refractivity (Wildman–Crippen MR) is 113 cm³/mol. The highest BCUT2D eigenvalue weighted by Gasteiger charge is 2.62. The van der Waals surface area contributed by atoms with E-state index >= 15 is 0 Å². The van der Waals surface area contributed by atoms with Crippen LogP contribution in [0.5, 0.6) is 0 Å². The zero-order valence-electron chi connectivity index (χ0n) is 16.0. The summed E-state index contributed by atoms with van der Waals surface area (Å²) < 4.78 is 16.6. The lowest BCUT2D eigenvalue weighted by Gasteiger charge is -2.22. The van der Waals surface area contributed by atoms with Gasteiger partial charge in [-0.15, -0.1) is 0 Å². The molecule has 3 aromatic carbocycles. The minimum Gasteiger partial charge on any atom is -0.347 e. The van der Waals surface area contributed by atoms with E-state index in [0.29, 0.717) is 0 Å². The van der Waals surface area contributed by atoms with Gasteiger partial charge in [0.25, 0.3) is 0 Å². The number of likely N-dealkylation sites (N-methyl/N-ethyl adjacent to an activating group) is 1. The van der Waals surface area contributed by atoms with Crippen LogP contribution in [0.15, 0.2) is 91.0 Å². The van der Waals surface area contributed by atoms with Crippen LogP contribution in [0.4, 0.5) is 0 Å². The number of hydrogen-bond donors (Lipinski definition) is 0. The van der Waals surface area contributed by atoms with E-state index < -0.39 is 13.3 Å². The zero-order valence-corrected chi connectivity index (χ0v) is 16.9. The summed E-state index contributed by atoms with van der Waals surface area (Å²) in [5.74, 6) is -0.0269. The molecule has 0 N–H and O–H groups in total. The molecule has 1 heterocycles. The maximum Gasteiger partial charge on any atom is 0.241 e. The molecule has 1 aliphatic rings. The van der Waals surface area contributed by atoms with Crippen LogP contribution >= 0.6 is 7.29 Å². The first kappa shape index (κ1) is 18.7. The number of nitrogens with zero attached hydrogens (tertiary/aromatic N) is 2. The number of amides is 1. The molecule has 1 amide bonds. The lowest BCUT2D eigenvalue weighted by molar-refractivity contribution is -0.128. The highest BCUT2D eigenvalue weighted by molar-refractivity contribution is 7.76. The lowest BCUT2D eigenvalue weighted by Crippen LogP contribution is -2.30. The molecule has 4 rings (SSSR count). The van der Waals surface area contributed by atoms with Crippen LogP contribution in [0.3, 0.4) is 0 Å². The fourth-order valence-corrected chi connectivity index (χ4v) is 6.85. The molecule has 1 saturated heterocycles. The van der Waals surface area contributed by atoms with E-state index in [4.69, 9.17) is 0 Å². The van der Waals surface area contributed by atoms with Crippen molar-refractivity contribution in [1.29, 1.82) is 0 Å². The minimum absolute atomic E-state index is 0.0269. The van der Waals surface area contributed by atoms with Gasteiger partial charge < -0.3 is 4.90 Å². The molecule has 1 aliphatic heterocycles. The van der Waals surface area contributed by atoms with Gasteiger partial charge in [-0.1, -0.05) is 66.7 Å². The molecular formula is C23H23N2O2P. The highest BCUT2D eigenvalue weighted by atomic mass is 31.2. The molecule has 0 aliphatic carbocycles. The zero-order chi connectivity index (χ0) is 19.7. The summed E-state index contributed by atoms with van der Waals surface area (Å²) >= 11 is 0. The normalized spacial score (nSPS) is 21.1. The summed E-state index contributed by atoms with van der Waals surface area (Å²) in [5.41, 5.74) is 1.01. The van der Waals surface area contributed by atoms with Crippen LogP contribution in [0.1, 0.15) is 11.6 Å². The van der Waals surface area contributed by atoms with Crippen LogP contribution in [0.25, 0.3) is 0 Å². The molecule has 0 bridgehead atoms. The number of rotatable bonds is 5. The SMILES string of the molecule is CN(C)C(=O)C1C(c2ccccc2)N1P(=O)(c1ccccc1)c1ccccc1. The van der Waals surface area contributed by atoms with E-state index in [0.717, 1.165) is 16.2 Å². The van der Waals surface area contributed by atoms with E-state index in [1.807, 2.05) is 95.7 Å². The molecule has 5 heteroatoms. The summed E-state index contributed by atoms with van der Waals surface area (Å²) in [6, 6.07) is 28.2. The maximum absolute atomic E-state index is 14.7. The largest absolute Gasteiger partial charge is 0.347 e. The summed E-state index contributed by atoms with van der Waals surface area (Å²) in [5, 5.41) is 1.49. The van der Waals surface area contributed by atoms with Crippen LogP contribution in [0, 0.1) is 0 Å². The second-order valence-electron chi connectivity index (χ2n) is 7.16. The molecule has 1 fully saturated rings. The Kier molecular flexibility index (Phi) is 4.92. The molecule has 4 nitrogen and oxygen atoms in total. The quantitative estimate of drug-likeness (QED) is 0.495. The fourth-order valence-electron chi connectivity index (χ4n) is 3.74. The van der Waals surface area contributed by atoms with Gasteiger partial charge in [0.2, 0.25) is 13.2 Å². The molecule has 142 valence electrons. The Balaban J connectivity index is 1.88. The summed E-state index contributed by atoms with van der Waals surface area (Å²) in [7, 11) is 0.323. The summed E-state index contributed by atoms with van der Waals surface area (Å²) in [6.07, 6.45) is 0. The van der Waals surface area contributed by atoms with Gasteiger partial charge in [0.05, 0.1) is 6.04 Å². The standard InChI is InChI=1S/C23H23N2O2P/c1-24(2)23(26)22-21(18-12-6-3-7-13-18)25(22)28(27,19-14-8-4-9-15-19)20-16-10-5-11-17-20/h3-17,21-22H,1-2H3. The molecule has 0 aromatic heterocycles. The first-order chi connectivity index (χ1) is 13.5. The monoisotopic (exact) mass is 390 g/mol. The Hall–Kier alpha value is -2.68. The van der Waals surface area contributed by atoms with Gasteiger partial charge in [-0.2, -0.15) is 0 Å². The van der Waals surface area contributed by atoms with Gasteiger partial charge in [-0.3, -0.25) is 9.36 Å². The van der Waals surface area contributed by atoms with Gasteiger partial charge in [0.1, 0.15) is 6.04 Å². The van der Waals surface area contributed by atoms with E-state index in [2.05, 4.69) is 0 Å². The van der Waals surface area contributed by atoms with Crippen molar-refractivity contribution in [3.8, 4) is 0 Å². The molecule has 3 aromatic rings. The van der Waals surface area contributed by atoms with Gasteiger partial charge in [-0.25, -0.2) is 4.67 Å². The second kappa shape index (κ2) is 7.38. The number of carbonyl (C=O) groups is 1. The van der Waals surface area contributed by atoms with Crippen molar-refractivity contribution in [2.45, 2.75) is 12.1 Å². The Bertz CT molecular complexity index is 963. The van der Waals surface area contributed by atoms with Gasteiger partial charge in [0, 0.05) is 24.7 Å². The smallest absolute Gasteiger partial charge is 0.241 e. The second-order valence-corrected chi connectivity index (χ2v) is 9.81. The van der Waals surface area contributed by atoms with Gasteiger partial charge in [-0.05, 0) is 29.8 Å². The van der Waals surface area contributed by atoms with E-state index in [-0.39, 0.29) is 11.9 Å². The van der Waals surface area contributed by atoms with Crippen molar-refractivity contribution >= 4 is 23.8 Å². The van der Waals surface area contributed by atoms with Crippen LogP contribution in [-0.2, 0) is 9.36 Å². The topological polar surface area (TPSA) is 40.4 Å². The van der Waals surface area contributed by atoms with E-state index in [9.17, 15) is 9.36 Å². The minimum atomic E-state index is -3.17. The van der Waals surface area contributed by atoms with E-state index in [1.165, 1.54) is 0 Å². The third-order valence-corrected chi connectivity index (χ3v) is 8.30. The van der Waals surface area contributed by atoms with Crippen LogP contribution < -0.4 is 10.6 Å². The molecule has 0 spiro atoms. The number of carbonyl (C=O) groups excluding carboxylic acids is 1. The average Bonchev–Trinajstić information content (AvgIpc) is 3.50. The van der Waals surface area contributed by atoms with Gasteiger partial charge >= 0.3 is 0 Å². The molecule has 3 atom stereocenters. The third-order valence-electron chi connectivity index (χ3n) is 5.15. The Morgan fingerprint density at radius 2 is 1.21 bits per heavy atom. The maximum atomic E-state index is 14.7. The number of benzene rings is 3. The average molecular weight is 390 g/mol. The fraction of sp³-hybridized carbons (Fsp3) is 0.174. The van der Waals surface area contributed by atoms with Crippen molar-refractivity contribution in [2.24, 2.45) is 0 Å². The van der Waals surface area contributed by atoms with Crippen LogP contribution in [-0.4, -0.2) is 35.6 Å². The number of hydrogen-bond acceptors (Lipinski definition) is 2. The highest BCUT2D eigenvalue weighted by Crippen LogP contribution is 2.64. The predicted octanol–water partition coefficient (Wildman–Crippen LogP) is 3.43. The van der Waals surface area contributed by atoms with Gasteiger partial charge in [0.15, 0.2) is 0 Å². The van der Waals surface area contributed by atoms with Crippen LogP contribution in [0.2, 0.25) is 0 Å². The lowest BCUT2D eigenvalue weighted by atomic mass is 10.1. The summed E-state index contributed by atoms with van der Waals surface area (Å²) in [4.78, 5) is 14.6. The first-order valence-corrected chi connectivity index (χ1v) is 11.0. The third kappa shape index (κ3) is 3.09. The van der Waals surface area contributed by atoms with Crippen molar-refractivity contribution in [1.82, 2.24) is 9.57 Å². The Morgan fingerprint density at radius 1 is 0.786 bits per heavy atom. The van der Waals surface area contributed by atoms with Crippen molar-refractivity contribution in [3.63, 3.8) is 0 Å². The van der Waals surface area contributed by atoms with Crippen molar-refractivity contribution in [3.05, 3.63) is 96.6 Å². The van der Waals surface area contributed by atoms with Crippen molar-refractivity contribution in [2.75, 3.05) is 14.1 Å². The molecule has 0 radical (unpaired) electrons. The Labute approximate surface area is 165 Å². The van der Waals surface area contributed by atoms with E-state index in [1.54, 1.807) is 19.0 Å².